The van der Waals surface area contributed by atoms with E-state index in [4.69, 9.17) is 0 Å². The number of nitrogens with zero attached hydrogens (tertiary/aromatic N) is 4. The van der Waals surface area contributed by atoms with Crippen molar-refractivity contribution in [2.24, 2.45) is 5.92 Å². The van der Waals surface area contributed by atoms with Gasteiger partial charge in [-0.15, -0.1) is 10.2 Å². The number of carbonyl (C=O) groups excluding carboxylic acids is 1. The standard InChI is InChI=1S/C22H31F2N5O2/c1-16-7-9-17(10-8-16)22(23,24)19(30)13-11-18-12-14-21(31)29(18)15-5-3-2-4-6-20-25-27-28-26-20/h7,9-11,13,16,18-19,30H,2-6,8,12,14-15H2,1H3,(H,25,26,27,28)/b13-11+/t16?,18-,19+/m0/s1. The third-order valence-corrected chi connectivity index (χ3v) is 5.90. The van der Waals surface area contributed by atoms with E-state index in [2.05, 4.69) is 20.6 Å². The quantitative estimate of drug-likeness (QED) is 0.411. The summed E-state index contributed by atoms with van der Waals surface area (Å²) in [6.07, 6.45) is 11.5. The van der Waals surface area contributed by atoms with Crippen molar-refractivity contribution in [2.75, 3.05) is 6.54 Å². The first-order valence-electron chi connectivity index (χ1n) is 11.0. The molecule has 1 saturated heterocycles. The fraction of sp³-hybridized carbons (Fsp3) is 0.636. The molecule has 9 heteroatoms. The number of alkyl halides is 2. The van der Waals surface area contributed by atoms with E-state index in [-0.39, 0.29) is 23.4 Å². The second kappa shape index (κ2) is 10.7. The zero-order valence-corrected chi connectivity index (χ0v) is 17.9. The van der Waals surface area contributed by atoms with Crippen molar-refractivity contribution in [3.8, 4) is 0 Å². The molecule has 0 spiro atoms. The van der Waals surface area contributed by atoms with Crippen LogP contribution in [0.4, 0.5) is 8.78 Å². The number of tetrazole rings is 1. The van der Waals surface area contributed by atoms with Crippen LogP contribution < -0.4 is 0 Å². The summed E-state index contributed by atoms with van der Waals surface area (Å²) in [6.45, 7) is 2.55. The lowest BCUT2D eigenvalue weighted by Gasteiger charge is -2.26. The first-order chi connectivity index (χ1) is 14.9. The number of hydrogen-bond acceptors (Lipinski definition) is 5. The molecule has 1 aliphatic carbocycles. The second-order valence-corrected chi connectivity index (χ2v) is 8.37. The molecule has 1 aromatic rings. The Hall–Kier alpha value is -2.42. The van der Waals surface area contributed by atoms with Crippen LogP contribution in [0.2, 0.25) is 0 Å². The molecule has 2 aliphatic rings. The van der Waals surface area contributed by atoms with Crippen LogP contribution in [0.1, 0.15) is 57.7 Å². The molecule has 7 nitrogen and oxygen atoms in total. The predicted octanol–water partition coefficient (Wildman–Crippen LogP) is 3.37. The average molecular weight is 436 g/mol. The van der Waals surface area contributed by atoms with Crippen molar-refractivity contribution in [1.82, 2.24) is 25.5 Å². The molecule has 0 saturated carbocycles. The van der Waals surface area contributed by atoms with Crippen LogP contribution in [0.15, 0.2) is 36.0 Å². The lowest BCUT2D eigenvalue weighted by atomic mass is 9.92. The number of aromatic amines is 1. The maximum Gasteiger partial charge on any atom is 0.301 e. The van der Waals surface area contributed by atoms with Crippen LogP contribution in [0.5, 0.6) is 0 Å². The summed E-state index contributed by atoms with van der Waals surface area (Å²) in [5.41, 5.74) is -0.150. The minimum atomic E-state index is -3.35. The maximum atomic E-state index is 14.6. The number of likely N-dealkylation sites (tertiary alicyclic amines) is 1. The van der Waals surface area contributed by atoms with Gasteiger partial charge in [0.15, 0.2) is 5.82 Å². The Kier molecular flexibility index (Phi) is 8.06. The first-order valence-corrected chi connectivity index (χ1v) is 11.0. The molecule has 170 valence electrons. The van der Waals surface area contributed by atoms with Gasteiger partial charge in [-0.3, -0.25) is 4.79 Å². The summed E-state index contributed by atoms with van der Waals surface area (Å²) in [6, 6.07) is -0.242. The Morgan fingerprint density at radius 3 is 2.87 bits per heavy atom. The van der Waals surface area contributed by atoms with Gasteiger partial charge >= 0.3 is 5.92 Å². The molecule has 3 rings (SSSR count). The van der Waals surface area contributed by atoms with Crippen molar-refractivity contribution in [2.45, 2.75) is 76.4 Å². The van der Waals surface area contributed by atoms with E-state index < -0.39 is 12.0 Å². The smallest absolute Gasteiger partial charge is 0.301 e. The number of amides is 1. The van der Waals surface area contributed by atoms with Crippen molar-refractivity contribution < 1.29 is 18.7 Å². The first kappa shape index (κ1) is 23.2. The molecule has 1 amide bonds. The number of allylic oxidation sites excluding steroid dienone is 3. The van der Waals surface area contributed by atoms with Crippen LogP contribution >= 0.6 is 0 Å². The van der Waals surface area contributed by atoms with Gasteiger partial charge in [-0.05, 0) is 31.6 Å². The molecule has 31 heavy (non-hydrogen) atoms. The number of aryl methyl sites for hydroxylation is 1. The molecule has 1 fully saturated rings. The van der Waals surface area contributed by atoms with Gasteiger partial charge in [0, 0.05) is 25.0 Å². The van der Waals surface area contributed by atoms with Crippen molar-refractivity contribution in [3.63, 3.8) is 0 Å². The second-order valence-electron chi connectivity index (χ2n) is 8.37. The van der Waals surface area contributed by atoms with Crippen molar-refractivity contribution >= 4 is 5.91 Å². The minimum absolute atomic E-state index is 0.0367. The third-order valence-electron chi connectivity index (χ3n) is 5.90. The zero-order valence-electron chi connectivity index (χ0n) is 17.9. The number of aliphatic hydroxyl groups excluding tert-OH is 1. The van der Waals surface area contributed by atoms with Gasteiger partial charge in [-0.25, -0.2) is 0 Å². The lowest BCUT2D eigenvalue weighted by molar-refractivity contribution is -0.128. The van der Waals surface area contributed by atoms with E-state index >= 15 is 0 Å². The van der Waals surface area contributed by atoms with Crippen LogP contribution in [-0.4, -0.2) is 61.2 Å². The normalized spacial score (nSPS) is 23.0. The number of H-pyrrole nitrogens is 1. The summed E-state index contributed by atoms with van der Waals surface area (Å²) >= 11 is 0. The van der Waals surface area contributed by atoms with Crippen LogP contribution in [0.25, 0.3) is 0 Å². The molecular formula is C22H31F2N5O2. The van der Waals surface area contributed by atoms with E-state index in [9.17, 15) is 18.7 Å². The topological polar surface area (TPSA) is 95.0 Å². The number of aromatic nitrogens is 4. The lowest BCUT2D eigenvalue weighted by Crippen LogP contribution is -2.36. The van der Waals surface area contributed by atoms with Gasteiger partial charge in [0.2, 0.25) is 5.91 Å². The fourth-order valence-corrected chi connectivity index (χ4v) is 3.95. The highest BCUT2D eigenvalue weighted by Crippen LogP contribution is 2.33. The minimum Gasteiger partial charge on any atom is -0.382 e. The summed E-state index contributed by atoms with van der Waals surface area (Å²) in [7, 11) is 0. The Labute approximate surface area is 181 Å². The van der Waals surface area contributed by atoms with Crippen LogP contribution in [0, 0.1) is 5.92 Å². The third kappa shape index (κ3) is 6.29. The number of hydrogen-bond donors (Lipinski definition) is 2. The Balaban J connectivity index is 1.45. The molecule has 3 atom stereocenters. The average Bonchev–Trinajstić information content (AvgIpc) is 3.39. The van der Waals surface area contributed by atoms with E-state index in [0.29, 0.717) is 31.6 Å². The Morgan fingerprint density at radius 2 is 2.16 bits per heavy atom. The summed E-state index contributed by atoms with van der Waals surface area (Å²) in [5, 5.41) is 23.9. The van der Waals surface area contributed by atoms with E-state index in [1.165, 1.54) is 12.2 Å². The van der Waals surface area contributed by atoms with Gasteiger partial charge < -0.3 is 10.0 Å². The SMILES string of the molecule is CC1C=CC(C(F)(F)[C@H](O)/C=C/[C@H]2CCC(=O)N2CCCCCCc2nn[nH]n2)=CC1. The molecule has 2 heterocycles. The Bertz CT molecular complexity index is 807. The summed E-state index contributed by atoms with van der Waals surface area (Å²) in [4.78, 5) is 14.0. The highest BCUT2D eigenvalue weighted by atomic mass is 19.3. The molecule has 1 aliphatic heterocycles. The number of nitrogens with one attached hydrogen (secondary N) is 1. The van der Waals surface area contributed by atoms with E-state index in [1.807, 2.05) is 6.92 Å². The molecule has 1 unspecified atom stereocenters. The van der Waals surface area contributed by atoms with Gasteiger partial charge in [0.25, 0.3) is 0 Å². The molecule has 1 aromatic heterocycles. The molecule has 0 aromatic carbocycles. The highest BCUT2D eigenvalue weighted by molar-refractivity contribution is 5.79. The van der Waals surface area contributed by atoms with E-state index in [1.54, 1.807) is 17.1 Å². The van der Waals surface area contributed by atoms with Crippen LogP contribution in [0.3, 0.4) is 0 Å². The van der Waals surface area contributed by atoms with Gasteiger partial charge in [0.1, 0.15) is 6.10 Å². The fourth-order valence-electron chi connectivity index (χ4n) is 3.95. The van der Waals surface area contributed by atoms with Gasteiger partial charge in [-0.1, -0.05) is 55.4 Å². The molecule has 2 N–H and O–H groups in total. The largest absolute Gasteiger partial charge is 0.382 e. The maximum absolute atomic E-state index is 14.6. The number of halogens is 2. The zero-order chi connectivity index (χ0) is 22.3. The highest BCUT2D eigenvalue weighted by Gasteiger charge is 2.40. The number of aliphatic hydroxyl groups is 1. The molecular weight excluding hydrogens is 404 g/mol. The van der Waals surface area contributed by atoms with Crippen molar-refractivity contribution in [1.29, 1.82) is 0 Å². The van der Waals surface area contributed by atoms with Gasteiger partial charge in [0.05, 0.1) is 6.04 Å². The number of carbonyl (C=O) groups is 1. The van der Waals surface area contributed by atoms with Crippen LogP contribution in [-0.2, 0) is 11.2 Å². The molecule has 0 bridgehead atoms. The number of unbranched alkanes of at least 4 members (excludes halogenated alkanes) is 3. The molecule has 0 radical (unpaired) electrons. The monoisotopic (exact) mass is 435 g/mol. The van der Waals surface area contributed by atoms with E-state index in [0.717, 1.165) is 38.2 Å². The summed E-state index contributed by atoms with van der Waals surface area (Å²) in [5.74, 6) is -2.39. The van der Waals surface area contributed by atoms with Gasteiger partial charge in [-0.2, -0.15) is 14.0 Å². The number of rotatable bonds is 11. The summed E-state index contributed by atoms with van der Waals surface area (Å²) < 4.78 is 29.2. The Morgan fingerprint density at radius 1 is 1.35 bits per heavy atom. The van der Waals surface area contributed by atoms with Crippen molar-refractivity contribution in [3.05, 3.63) is 41.8 Å². The predicted molar refractivity (Wildman–Crippen MR) is 112 cm³/mol.